The van der Waals surface area contributed by atoms with Gasteiger partial charge in [-0.1, -0.05) is 12.1 Å². The molecule has 7 heteroatoms. The molecule has 0 atom stereocenters. The second kappa shape index (κ2) is 8.01. The molecule has 1 N–H and O–H groups in total. The van der Waals surface area contributed by atoms with E-state index >= 15 is 0 Å². The third-order valence-electron chi connectivity index (χ3n) is 3.42. The average Bonchev–Trinajstić information content (AvgIpc) is 2.55. The number of nitrogens with one attached hydrogen (secondary N) is 1. The van der Waals surface area contributed by atoms with Crippen molar-refractivity contribution in [3.63, 3.8) is 0 Å². The molecule has 0 aliphatic heterocycles. The van der Waals surface area contributed by atoms with Crippen LogP contribution in [0.1, 0.15) is 12.0 Å². The second-order valence-corrected chi connectivity index (χ2v) is 7.36. The Balaban J connectivity index is 1.78. The molecule has 128 valence electrons. The molecule has 0 aliphatic rings. The molecular formula is C17H17F2NO3S. The largest absolute Gasteiger partial charge is 0.356 e. The highest BCUT2D eigenvalue weighted by atomic mass is 32.2. The summed E-state index contributed by atoms with van der Waals surface area (Å²) in [7, 11) is -3.62. The first-order chi connectivity index (χ1) is 11.4. The van der Waals surface area contributed by atoms with Crippen molar-refractivity contribution in [1.29, 1.82) is 0 Å². The van der Waals surface area contributed by atoms with Gasteiger partial charge in [0.2, 0.25) is 5.91 Å². The van der Waals surface area contributed by atoms with Crippen LogP contribution >= 0.6 is 0 Å². The Labute approximate surface area is 139 Å². The quantitative estimate of drug-likeness (QED) is 0.778. The summed E-state index contributed by atoms with van der Waals surface area (Å²) in [5, 5.41) is 2.62. The molecule has 0 bridgehead atoms. The summed E-state index contributed by atoms with van der Waals surface area (Å²) in [5.74, 6) is -1.58. The fourth-order valence-electron chi connectivity index (χ4n) is 2.07. The minimum Gasteiger partial charge on any atom is -0.356 e. The molecule has 24 heavy (non-hydrogen) atoms. The Kier molecular flexibility index (Phi) is 6.03. The summed E-state index contributed by atoms with van der Waals surface area (Å²) in [4.78, 5) is 11.7. The summed E-state index contributed by atoms with van der Waals surface area (Å²) >= 11 is 0. The van der Waals surface area contributed by atoms with Crippen LogP contribution in [0, 0.1) is 11.6 Å². The van der Waals surface area contributed by atoms with Crippen molar-refractivity contribution in [2.24, 2.45) is 0 Å². The van der Waals surface area contributed by atoms with Crippen LogP contribution in [0.4, 0.5) is 8.78 Å². The number of benzene rings is 2. The molecule has 0 unspecified atom stereocenters. The van der Waals surface area contributed by atoms with Crippen LogP contribution in [0.15, 0.2) is 53.4 Å². The maximum absolute atomic E-state index is 12.8. The molecule has 4 nitrogen and oxygen atoms in total. The fourth-order valence-corrected chi connectivity index (χ4v) is 3.31. The summed E-state index contributed by atoms with van der Waals surface area (Å²) < 4.78 is 49.6. The average molecular weight is 353 g/mol. The van der Waals surface area contributed by atoms with Crippen molar-refractivity contribution in [2.45, 2.75) is 17.7 Å². The summed E-state index contributed by atoms with van der Waals surface area (Å²) in [5.41, 5.74) is 0.871. The molecule has 0 aliphatic carbocycles. The lowest BCUT2D eigenvalue weighted by molar-refractivity contribution is -0.120. The number of carbonyl (C=O) groups excluding carboxylic acids is 1. The summed E-state index contributed by atoms with van der Waals surface area (Å²) in [6.45, 7) is 0.334. The predicted octanol–water partition coefficient (Wildman–Crippen LogP) is 2.49. The van der Waals surface area contributed by atoms with Gasteiger partial charge in [0, 0.05) is 13.0 Å². The maximum Gasteiger partial charge on any atom is 0.221 e. The second-order valence-electron chi connectivity index (χ2n) is 5.25. The fraction of sp³-hybridized carbons (Fsp3) is 0.235. The van der Waals surface area contributed by atoms with E-state index in [2.05, 4.69) is 5.32 Å². The van der Waals surface area contributed by atoms with Crippen molar-refractivity contribution < 1.29 is 22.0 Å². The highest BCUT2D eigenvalue weighted by molar-refractivity contribution is 7.91. The van der Waals surface area contributed by atoms with E-state index in [1.54, 1.807) is 12.1 Å². The highest BCUT2D eigenvalue weighted by Gasteiger charge is 2.16. The van der Waals surface area contributed by atoms with Crippen molar-refractivity contribution in [3.8, 4) is 0 Å². The van der Waals surface area contributed by atoms with Gasteiger partial charge in [-0.15, -0.1) is 0 Å². The molecule has 2 aromatic carbocycles. The molecule has 0 spiro atoms. The number of rotatable bonds is 7. The summed E-state index contributed by atoms with van der Waals surface area (Å²) in [6, 6.07) is 10.4. The monoisotopic (exact) mass is 353 g/mol. The van der Waals surface area contributed by atoms with E-state index in [0.717, 1.165) is 17.7 Å². The molecule has 0 heterocycles. The van der Waals surface area contributed by atoms with Crippen molar-refractivity contribution in [1.82, 2.24) is 5.32 Å². The molecular weight excluding hydrogens is 336 g/mol. The van der Waals surface area contributed by atoms with E-state index in [9.17, 15) is 22.0 Å². The molecule has 2 aromatic rings. The van der Waals surface area contributed by atoms with Gasteiger partial charge >= 0.3 is 0 Å². The van der Waals surface area contributed by atoms with Crippen molar-refractivity contribution >= 4 is 15.7 Å². The molecule has 0 saturated carbocycles. The van der Waals surface area contributed by atoms with E-state index in [0.29, 0.717) is 13.0 Å². The van der Waals surface area contributed by atoms with Crippen LogP contribution in [0.2, 0.25) is 0 Å². The van der Waals surface area contributed by atoms with Gasteiger partial charge in [0.15, 0.2) is 9.84 Å². The molecule has 1 amide bonds. The number of hydrogen-bond donors (Lipinski definition) is 1. The van der Waals surface area contributed by atoms with Crippen LogP contribution < -0.4 is 5.32 Å². The van der Waals surface area contributed by atoms with Crippen LogP contribution in [0.5, 0.6) is 0 Å². The van der Waals surface area contributed by atoms with E-state index < -0.39 is 15.7 Å². The number of halogens is 2. The third-order valence-corrected chi connectivity index (χ3v) is 5.15. The SMILES string of the molecule is O=C(CCS(=O)(=O)c1ccc(F)cc1)NCCc1ccc(F)cc1. The molecule has 0 saturated heterocycles. The third kappa shape index (κ3) is 5.42. The Morgan fingerprint density at radius 3 is 2.04 bits per heavy atom. The van der Waals surface area contributed by atoms with Gasteiger partial charge in [-0.05, 0) is 48.4 Å². The van der Waals surface area contributed by atoms with Crippen LogP contribution in [-0.4, -0.2) is 26.6 Å². The lowest BCUT2D eigenvalue weighted by Crippen LogP contribution is -2.27. The van der Waals surface area contributed by atoms with E-state index in [-0.39, 0.29) is 28.8 Å². The zero-order valence-electron chi connectivity index (χ0n) is 12.8. The normalized spacial score (nSPS) is 11.2. The summed E-state index contributed by atoms with van der Waals surface area (Å²) in [6.07, 6.45) is 0.347. The van der Waals surface area contributed by atoms with Gasteiger partial charge in [-0.3, -0.25) is 4.79 Å². The van der Waals surface area contributed by atoms with E-state index in [1.807, 2.05) is 0 Å². The van der Waals surface area contributed by atoms with Crippen LogP contribution in [-0.2, 0) is 21.1 Å². The minimum atomic E-state index is -3.62. The van der Waals surface area contributed by atoms with Crippen molar-refractivity contribution in [2.75, 3.05) is 12.3 Å². The van der Waals surface area contributed by atoms with Crippen LogP contribution in [0.25, 0.3) is 0 Å². The maximum atomic E-state index is 12.8. The molecule has 0 fully saturated rings. The van der Waals surface area contributed by atoms with Gasteiger partial charge < -0.3 is 5.32 Å². The van der Waals surface area contributed by atoms with Gasteiger partial charge in [0.1, 0.15) is 11.6 Å². The standard InChI is InChI=1S/C17H17F2NO3S/c18-14-3-1-13(2-4-14)9-11-20-17(21)10-12-24(22,23)16-7-5-15(19)6-8-16/h1-8H,9-12H2,(H,20,21). The predicted molar refractivity (Wildman–Crippen MR) is 86.2 cm³/mol. The van der Waals surface area contributed by atoms with E-state index in [4.69, 9.17) is 0 Å². The molecule has 0 radical (unpaired) electrons. The minimum absolute atomic E-state index is 0.0111. The number of carbonyl (C=O) groups is 1. The Bertz CT molecular complexity index is 788. The van der Waals surface area contributed by atoms with Gasteiger partial charge in [0.25, 0.3) is 0 Å². The van der Waals surface area contributed by atoms with Crippen molar-refractivity contribution in [3.05, 3.63) is 65.7 Å². The lowest BCUT2D eigenvalue weighted by Gasteiger charge is -2.07. The Morgan fingerprint density at radius 2 is 1.46 bits per heavy atom. The lowest BCUT2D eigenvalue weighted by atomic mass is 10.1. The van der Waals surface area contributed by atoms with Gasteiger partial charge in [0.05, 0.1) is 10.6 Å². The Morgan fingerprint density at radius 1 is 0.917 bits per heavy atom. The highest BCUT2D eigenvalue weighted by Crippen LogP contribution is 2.12. The zero-order chi connectivity index (χ0) is 17.6. The first-order valence-electron chi connectivity index (χ1n) is 7.36. The Hall–Kier alpha value is -2.28. The number of hydrogen-bond acceptors (Lipinski definition) is 3. The van der Waals surface area contributed by atoms with Gasteiger partial charge in [-0.2, -0.15) is 0 Å². The van der Waals surface area contributed by atoms with Gasteiger partial charge in [-0.25, -0.2) is 17.2 Å². The smallest absolute Gasteiger partial charge is 0.221 e. The first-order valence-corrected chi connectivity index (χ1v) is 9.01. The number of sulfone groups is 1. The molecule has 0 aromatic heterocycles. The topological polar surface area (TPSA) is 63.2 Å². The molecule has 2 rings (SSSR count). The zero-order valence-corrected chi connectivity index (χ0v) is 13.7. The van der Waals surface area contributed by atoms with Crippen LogP contribution in [0.3, 0.4) is 0 Å². The first kappa shape index (κ1) is 18.1. The van der Waals surface area contributed by atoms with E-state index in [1.165, 1.54) is 24.3 Å². The number of amides is 1.